The Morgan fingerprint density at radius 3 is 2.53 bits per heavy atom. The lowest BCUT2D eigenvalue weighted by Crippen LogP contribution is -2.05. The van der Waals surface area contributed by atoms with E-state index >= 15 is 0 Å². The van der Waals surface area contributed by atoms with Crippen LogP contribution < -0.4 is 0 Å². The molecule has 0 spiro atoms. The molecular weight excluding hydrogens is 302 g/mol. The number of rotatable bonds is 3. The van der Waals surface area contributed by atoms with Crippen molar-refractivity contribution in [1.82, 2.24) is 4.57 Å². The van der Waals surface area contributed by atoms with Gasteiger partial charge in [-0.1, -0.05) is 0 Å². The standard InChI is InChI=1S/C12H10BrNO2S/c1-17-10-4-2-9(3-5-10)14-7-8(13)6-11(14)12(15)16/h2-7H,1H3,(H,15,16). The van der Waals surface area contributed by atoms with Crippen LogP contribution in [0.4, 0.5) is 0 Å². The van der Waals surface area contributed by atoms with Crippen LogP contribution in [-0.4, -0.2) is 21.9 Å². The van der Waals surface area contributed by atoms with Gasteiger partial charge in [-0.15, -0.1) is 11.8 Å². The van der Waals surface area contributed by atoms with E-state index in [1.807, 2.05) is 30.5 Å². The minimum absolute atomic E-state index is 0.244. The monoisotopic (exact) mass is 311 g/mol. The number of benzene rings is 1. The van der Waals surface area contributed by atoms with Gasteiger partial charge in [0.15, 0.2) is 0 Å². The molecule has 1 aromatic carbocycles. The lowest BCUT2D eigenvalue weighted by molar-refractivity contribution is 0.0688. The maximum atomic E-state index is 11.1. The zero-order valence-corrected chi connectivity index (χ0v) is 11.5. The third-order valence-electron chi connectivity index (χ3n) is 2.36. The number of aromatic nitrogens is 1. The fraction of sp³-hybridized carbons (Fsp3) is 0.0833. The molecule has 0 atom stereocenters. The molecule has 88 valence electrons. The van der Waals surface area contributed by atoms with E-state index in [1.54, 1.807) is 28.6 Å². The second-order valence-electron chi connectivity index (χ2n) is 3.42. The highest BCUT2D eigenvalue weighted by Gasteiger charge is 2.12. The molecule has 0 aliphatic carbocycles. The smallest absolute Gasteiger partial charge is 0.352 e. The molecule has 3 nitrogen and oxygen atoms in total. The molecule has 1 N–H and O–H groups in total. The van der Waals surface area contributed by atoms with Crippen molar-refractivity contribution in [2.24, 2.45) is 0 Å². The largest absolute Gasteiger partial charge is 0.477 e. The molecule has 0 unspecified atom stereocenters. The first kappa shape index (κ1) is 12.3. The predicted molar refractivity (Wildman–Crippen MR) is 72.2 cm³/mol. The van der Waals surface area contributed by atoms with Gasteiger partial charge >= 0.3 is 5.97 Å². The number of aromatic carboxylic acids is 1. The van der Waals surface area contributed by atoms with Crippen molar-refractivity contribution >= 4 is 33.7 Å². The molecule has 0 bridgehead atoms. The van der Waals surface area contributed by atoms with E-state index in [2.05, 4.69) is 15.9 Å². The Labute approximate surface area is 112 Å². The van der Waals surface area contributed by atoms with Crippen molar-refractivity contribution in [3.63, 3.8) is 0 Å². The molecule has 5 heteroatoms. The van der Waals surface area contributed by atoms with Gasteiger partial charge in [0, 0.05) is 21.3 Å². The number of halogens is 1. The second kappa shape index (κ2) is 4.98. The molecule has 2 aromatic rings. The maximum Gasteiger partial charge on any atom is 0.352 e. The van der Waals surface area contributed by atoms with E-state index in [4.69, 9.17) is 5.11 Å². The van der Waals surface area contributed by atoms with Crippen LogP contribution in [0.25, 0.3) is 5.69 Å². The van der Waals surface area contributed by atoms with Crippen molar-refractivity contribution in [2.45, 2.75) is 4.90 Å². The van der Waals surface area contributed by atoms with E-state index in [9.17, 15) is 4.79 Å². The lowest BCUT2D eigenvalue weighted by atomic mass is 10.3. The van der Waals surface area contributed by atoms with Gasteiger partial charge in [-0.3, -0.25) is 0 Å². The Morgan fingerprint density at radius 2 is 2.00 bits per heavy atom. The summed E-state index contributed by atoms with van der Waals surface area (Å²) < 4.78 is 2.40. The van der Waals surface area contributed by atoms with Gasteiger partial charge in [0.25, 0.3) is 0 Å². The first-order chi connectivity index (χ1) is 8.11. The summed E-state index contributed by atoms with van der Waals surface area (Å²) in [6.45, 7) is 0. The lowest BCUT2D eigenvalue weighted by Gasteiger charge is -2.06. The minimum atomic E-state index is -0.940. The SMILES string of the molecule is CSc1ccc(-n2cc(Br)cc2C(=O)O)cc1. The number of carboxylic acids is 1. The van der Waals surface area contributed by atoms with Crippen LogP contribution in [0.5, 0.6) is 0 Å². The fourth-order valence-electron chi connectivity index (χ4n) is 1.55. The van der Waals surface area contributed by atoms with E-state index < -0.39 is 5.97 Å². The molecule has 2 rings (SSSR count). The Bertz CT molecular complexity index is 548. The highest BCUT2D eigenvalue weighted by Crippen LogP contribution is 2.22. The zero-order valence-electron chi connectivity index (χ0n) is 9.05. The van der Waals surface area contributed by atoms with Gasteiger partial charge in [-0.25, -0.2) is 4.79 Å². The van der Waals surface area contributed by atoms with Gasteiger partial charge in [0.1, 0.15) is 5.69 Å². The highest BCUT2D eigenvalue weighted by molar-refractivity contribution is 9.10. The Hall–Kier alpha value is -1.20. The van der Waals surface area contributed by atoms with Crippen LogP contribution in [0, 0.1) is 0 Å². The van der Waals surface area contributed by atoms with Crippen molar-refractivity contribution in [3.8, 4) is 5.69 Å². The third kappa shape index (κ3) is 2.56. The summed E-state index contributed by atoms with van der Waals surface area (Å²) in [6, 6.07) is 9.35. The molecule has 0 fully saturated rings. The molecule has 0 radical (unpaired) electrons. The summed E-state index contributed by atoms with van der Waals surface area (Å²) >= 11 is 4.94. The van der Waals surface area contributed by atoms with Gasteiger partial charge < -0.3 is 9.67 Å². The van der Waals surface area contributed by atoms with Gasteiger partial charge in [-0.05, 0) is 52.5 Å². The number of thioether (sulfide) groups is 1. The minimum Gasteiger partial charge on any atom is -0.477 e. The summed E-state index contributed by atoms with van der Waals surface area (Å²) in [5.74, 6) is -0.940. The maximum absolute atomic E-state index is 11.1. The second-order valence-corrected chi connectivity index (χ2v) is 5.21. The van der Waals surface area contributed by atoms with Crippen LogP contribution in [0.15, 0.2) is 45.9 Å². The number of hydrogen-bond donors (Lipinski definition) is 1. The normalized spacial score (nSPS) is 10.5. The quantitative estimate of drug-likeness (QED) is 0.880. The molecule has 0 amide bonds. The van der Waals surface area contributed by atoms with Crippen LogP contribution >= 0.6 is 27.7 Å². The summed E-state index contributed by atoms with van der Waals surface area (Å²) in [5, 5.41) is 9.10. The van der Waals surface area contributed by atoms with Gasteiger partial charge in [0.05, 0.1) is 0 Å². The van der Waals surface area contributed by atoms with Gasteiger partial charge in [0.2, 0.25) is 0 Å². The molecule has 0 aliphatic heterocycles. The average Bonchev–Trinajstić information content (AvgIpc) is 2.72. The molecular formula is C12H10BrNO2S. The Balaban J connectivity index is 2.48. The Kier molecular flexibility index (Phi) is 3.59. The van der Waals surface area contributed by atoms with Crippen molar-refractivity contribution < 1.29 is 9.90 Å². The summed E-state index contributed by atoms with van der Waals surface area (Å²) in [5.41, 5.74) is 1.08. The predicted octanol–water partition coefficient (Wildman–Crippen LogP) is 3.66. The van der Waals surface area contributed by atoms with E-state index in [0.29, 0.717) is 0 Å². The van der Waals surface area contributed by atoms with Crippen LogP contribution in [0.1, 0.15) is 10.5 Å². The van der Waals surface area contributed by atoms with Crippen molar-refractivity contribution in [1.29, 1.82) is 0 Å². The topological polar surface area (TPSA) is 42.2 Å². The zero-order chi connectivity index (χ0) is 12.4. The van der Waals surface area contributed by atoms with E-state index in [-0.39, 0.29) is 5.69 Å². The first-order valence-electron chi connectivity index (χ1n) is 4.87. The van der Waals surface area contributed by atoms with Crippen LogP contribution in [0.3, 0.4) is 0 Å². The van der Waals surface area contributed by atoms with E-state index in [1.165, 1.54) is 0 Å². The molecule has 0 saturated carbocycles. The molecule has 17 heavy (non-hydrogen) atoms. The third-order valence-corrected chi connectivity index (χ3v) is 3.53. The van der Waals surface area contributed by atoms with Gasteiger partial charge in [-0.2, -0.15) is 0 Å². The average molecular weight is 312 g/mol. The molecule has 0 saturated heterocycles. The fourth-order valence-corrected chi connectivity index (χ4v) is 2.38. The first-order valence-corrected chi connectivity index (χ1v) is 6.89. The van der Waals surface area contributed by atoms with Crippen molar-refractivity contribution in [2.75, 3.05) is 6.26 Å². The number of hydrogen-bond acceptors (Lipinski definition) is 2. The van der Waals surface area contributed by atoms with E-state index in [0.717, 1.165) is 15.1 Å². The molecule has 1 aromatic heterocycles. The summed E-state index contributed by atoms with van der Waals surface area (Å²) in [4.78, 5) is 12.2. The number of carboxylic acid groups (broad SMARTS) is 1. The van der Waals surface area contributed by atoms with Crippen LogP contribution in [-0.2, 0) is 0 Å². The molecule has 1 heterocycles. The highest BCUT2D eigenvalue weighted by atomic mass is 79.9. The Morgan fingerprint density at radius 1 is 1.35 bits per heavy atom. The number of nitrogens with zero attached hydrogens (tertiary/aromatic N) is 1. The number of carbonyl (C=O) groups is 1. The van der Waals surface area contributed by atoms with Crippen LogP contribution in [0.2, 0.25) is 0 Å². The summed E-state index contributed by atoms with van der Waals surface area (Å²) in [7, 11) is 0. The molecule has 0 aliphatic rings. The summed E-state index contributed by atoms with van der Waals surface area (Å²) in [6.07, 6.45) is 3.75. The van der Waals surface area contributed by atoms with Crippen molar-refractivity contribution in [3.05, 3.63) is 46.7 Å².